The summed E-state index contributed by atoms with van der Waals surface area (Å²) >= 11 is 0. The smallest absolute Gasteiger partial charge is 0.181 e. The Bertz CT molecular complexity index is 1580. The van der Waals surface area contributed by atoms with Crippen molar-refractivity contribution >= 4 is 10.9 Å². The highest BCUT2D eigenvalue weighted by molar-refractivity contribution is 5.84. The Morgan fingerprint density at radius 1 is 1.03 bits per heavy atom. The number of hydrogen-bond donors (Lipinski definition) is 2. The van der Waals surface area contributed by atoms with E-state index >= 15 is 0 Å². The van der Waals surface area contributed by atoms with E-state index < -0.39 is 0 Å². The normalized spacial score (nSPS) is 18.0. The van der Waals surface area contributed by atoms with Crippen molar-refractivity contribution in [1.29, 1.82) is 0 Å². The molecule has 4 heterocycles. The Labute approximate surface area is 216 Å². The molecule has 1 fully saturated rings. The lowest BCUT2D eigenvalue weighted by Crippen LogP contribution is -2.32. The van der Waals surface area contributed by atoms with Crippen molar-refractivity contribution in [1.82, 2.24) is 39.8 Å². The van der Waals surface area contributed by atoms with Gasteiger partial charge in [-0.15, -0.1) is 0 Å². The van der Waals surface area contributed by atoms with Gasteiger partial charge in [0.15, 0.2) is 5.82 Å². The van der Waals surface area contributed by atoms with Crippen LogP contribution in [0, 0.1) is 0 Å². The second-order valence-corrected chi connectivity index (χ2v) is 10.7. The van der Waals surface area contributed by atoms with Gasteiger partial charge in [0, 0.05) is 49.0 Å². The molecule has 8 heteroatoms. The van der Waals surface area contributed by atoms with Crippen LogP contribution in [0.5, 0.6) is 0 Å². The maximum atomic E-state index is 4.96. The molecule has 3 aromatic heterocycles. The van der Waals surface area contributed by atoms with Crippen LogP contribution in [-0.4, -0.2) is 52.9 Å². The monoisotopic (exact) mass is 492 g/mol. The highest BCUT2D eigenvalue weighted by atomic mass is 15.3. The number of hydrogen-bond acceptors (Lipinski definition) is 5. The molecule has 8 nitrogen and oxygen atoms in total. The quantitative estimate of drug-likeness (QED) is 0.342. The molecular formula is C29H32N8. The molecule has 2 aromatic carbocycles. The highest BCUT2D eigenvalue weighted by Crippen LogP contribution is 2.45. The molecule has 1 aliphatic carbocycles. The number of likely N-dealkylation sites (N-methyl/N-ethyl adjacent to an activating group) is 1. The first-order valence-corrected chi connectivity index (χ1v) is 13.3. The van der Waals surface area contributed by atoms with Gasteiger partial charge in [-0.1, -0.05) is 44.2 Å². The van der Waals surface area contributed by atoms with Crippen LogP contribution in [0.25, 0.3) is 33.7 Å². The summed E-state index contributed by atoms with van der Waals surface area (Å²) in [6.07, 6.45) is 5.23. The summed E-state index contributed by atoms with van der Waals surface area (Å²) < 4.78 is 1.92. The van der Waals surface area contributed by atoms with Gasteiger partial charge in [-0.3, -0.25) is 14.7 Å². The number of nitrogens with zero attached hydrogens (tertiary/aromatic N) is 6. The van der Waals surface area contributed by atoms with Crippen molar-refractivity contribution in [2.75, 3.05) is 13.1 Å². The van der Waals surface area contributed by atoms with Gasteiger partial charge < -0.3 is 4.98 Å². The molecular weight excluding hydrogens is 460 g/mol. The van der Waals surface area contributed by atoms with Gasteiger partial charge in [0.25, 0.3) is 0 Å². The molecule has 188 valence electrons. The van der Waals surface area contributed by atoms with E-state index in [0.29, 0.717) is 11.8 Å². The van der Waals surface area contributed by atoms with Crippen LogP contribution >= 0.6 is 0 Å². The van der Waals surface area contributed by atoms with Gasteiger partial charge in [0.05, 0.1) is 23.1 Å². The average Bonchev–Trinajstić information content (AvgIpc) is 3.29. The molecule has 1 saturated carbocycles. The third-order valence-electron chi connectivity index (χ3n) is 8.00. The van der Waals surface area contributed by atoms with Gasteiger partial charge in [0.2, 0.25) is 0 Å². The molecule has 2 N–H and O–H groups in total. The number of imidazole rings is 1. The van der Waals surface area contributed by atoms with E-state index in [2.05, 4.69) is 70.3 Å². The fraction of sp³-hybridized carbons (Fsp3) is 0.379. The van der Waals surface area contributed by atoms with Crippen LogP contribution in [0.4, 0.5) is 0 Å². The van der Waals surface area contributed by atoms with Gasteiger partial charge in [-0.05, 0) is 42.5 Å². The number of aryl methyl sites for hydroxylation is 1. The molecule has 0 amide bonds. The lowest BCUT2D eigenvalue weighted by molar-refractivity contribution is 0.243. The third-order valence-corrected chi connectivity index (χ3v) is 8.00. The predicted molar refractivity (Wildman–Crippen MR) is 144 cm³/mol. The molecule has 1 aliphatic heterocycles. The van der Waals surface area contributed by atoms with Crippen LogP contribution in [0.2, 0.25) is 0 Å². The van der Waals surface area contributed by atoms with E-state index in [-0.39, 0.29) is 0 Å². The van der Waals surface area contributed by atoms with Crippen LogP contribution in [0.15, 0.2) is 42.6 Å². The minimum atomic E-state index is 0.443. The van der Waals surface area contributed by atoms with Crippen LogP contribution in [0.3, 0.4) is 0 Å². The summed E-state index contributed by atoms with van der Waals surface area (Å²) in [4.78, 5) is 15.9. The lowest BCUT2D eigenvalue weighted by atomic mass is 9.97. The van der Waals surface area contributed by atoms with Gasteiger partial charge in [-0.2, -0.15) is 10.2 Å². The van der Waals surface area contributed by atoms with E-state index in [1.807, 2.05) is 17.9 Å². The molecule has 0 spiro atoms. The van der Waals surface area contributed by atoms with E-state index in [4.69, 9.17) is 15.1 Å². The molecule has 7 rings (SSSR count). The number of fused-ring (bicyclic) bond motifs is 2. The molecule has 37 heavy (non-hydrogen) atoms. The average molecular weight is 493 g/mol. The number of aromatic nitrogens is 7. The fourth-order valence-electron chi connectivity index (χ4n) is 5.82. The summed E-state index contributed by atoms with van der Waals surface area (Å²) in [5.41, 5.74) is 8.42. The molecule has 1 unspecified atom stereocenters. The Balaban J connectivity index is 1.15. The van der Waals surface area contributed by atoms with E-state index in [9.17, 15) is 0 Å². The number of benzene rings is 2. The molecule has 5 aromatic rings. The van der Waals surface area contributed by atoms with Gasteiger partial charge in [-0.25, -0.2) is 9.97 Å². The van der Waals surface area contributed by atoms with Crippen molar-refractivity contribution < 1.29 is 0 Å². The molecule has 2 aliphatic rings. The standard InChI is InChI=1S/C29H32N8/c1-4-37-15-17(2)27-24(16-37)31-28(33-27)19-7-9-20(10-8-19)29-32-25(36(3)35-29)13-21-11-12-23-22(14-30-34-23)26(21)18-5-6-18/h7-12,14,17-18H,4-6,13,15-16H2,1-3H3,(H,30,34)(H,31,33). The Morgan fingerprint density at radius 2 is 1.84 bits per heavy atom. The van der Waals surface area contributed by atoms with E-state index in [1.54, 1.807) is 0 Å². The second-order valence-electron chi connectivity index (χ2n) is 10.7. The van der Waals surface area contributed by atoms with Crippen molar-refractivity contribution in [3.63, 3.8) is 0 Å². The second kappa shape index (κ2) is 8.66. The number of rotatable bonds is 6. The zero-order valence-electron chi connectivity index (χ0n) is 21.6. The summed E-state index contributed by atoms with van der Waals surface area (Å²) in [6, 6.07) is 12.8. The van der Waals surface area contributed by atoms with Gasteiger partial charge >= 0.3 is 0 Å². The molecule has 0 radical (unpaired) electrons. The topological polar surface area (TPSA) is 91.3 Å². The van der Waals surface area contributed by atoms with E-state index in [0.717, 1.165) is 60.2 Å². The number of H-pyrrole nitrogens is 2. The van der Waals surface area contributed by atoms with Crippen LogP contribution in [-0.2, 0) is 20.0 Å². The minimum absolute atomic E-state index is 0.443. The molecule has 1 atom stereocenters. The lowest BCUT2D eigenvalue weighted by Gasteiger charge is -2.28. The van der Waals surface area contributed by atoms with Crippen molar-refractivity contribution in [2.45, 2.75) is 51.5 Å². The summed E-state index contributed by atoms with van der Waals surface area (Å²) in [5.74, 6) is 3.75. The first kappa shape index (κ1) is 22.4. The SMILES string of the molecule is CCN1Cc2[nH]c(-c3ccc(-c4nc(Cc5ccc6[nH]ncc6c5C5CC5)n(C)n4)cc3)nc2C(C)C1. The Kier molecular flexibility index (Phi) is 5.25. The van der Waals surface area contributed by atoms with Gasteiger partial charge in [0.1, 0.15) is 11.6 Å². The first-order chi connectivity index (χ1) is 18.1. The minimum Gasteiger partial charge on any atom is -0.341 e. The maximum Gasteiger partial charge on any atom is 0.181 e. The van der Waals surface area contributed by atoms with Crippen molar-refractivity contribution in [3.8, 4) is 22.8 Å². The van der Waals surface area contributed by atoms with Crippen LogP contribution < -0.4 is 0 Å². The van der Waals surface area contributed by atoms with E-state index in [1.165, 1.54) is 40.7 Å². The summed E-state index contributed by atoms with van der Waals surface area (Å²) in [5, 5.41) is 13.4. The molecule has 0 saturated heterocycles. The fourth-order valence-corrected chi connectivity index (χ4v) is 5.82. The maximum absolute atomic E-state index is 4.96. The van der Waals surface area contributed by atoms with Crippen molar-refractivity contribution in [3.05, 3.63) is 70.9 Å². The molecule has 0 bridgehead atoms. The first-order valence-electron chi connectivity index (χ1n) is 13.3. The number of aromatic amines is 2. The number of nitrogens with one attached hydrogen (secondary N) is 2. The zero-order valence-corrected chi connectivity index (χ0v) is 21.6. The summed E-state index contributed by atoms with van der Waals surface area (Å²) in [6.45, 7) is 7.55. The zero-order chi connectivity index (χ0) is 25.1. The third kappa shape index (κ3) is 3.96. The summed E-state index contributed by atoms with van der Waals surface area (Å²) in [7, 11) is 1.99. The van der Waals surface area contributed by atoms with Crippen LogP contribution in [0.1, 0.15) is 66.9 Å². The Morgan fingerprint density at radius 3 is 2.62 bits per heavy atom. The highest BCUT2D eigenvalue weighted by Gasteiger charge is 2.29. The largest absolute Gasteiger partial charge is 0.341 e. The predicted octanol–water partition coefficient (Wildman–Crippen LogP) is 5.16. The Hall–Kier alpha value is -3.78. The van der Waals surface area contributed by atoms with Crippen molar-refractivity contribution in [2.24, 2.45) is 7.05 Å².